The highest BCUT2D eigenvalue weighted by molar-refractivity contribution is 7.71. The van der Waals surface area contributed by atoms with Gasteiger partial charge in [-0.3, -0.25) is 24.0 Å². The van der Waals surface area contributed by atoms with Crippen molar-refractivity contribution in [1.29, 1.82) is 5.26 Å². The zero-order chi connectivity index (χ0) is 34.8. The van der Waals surface area contributed by atoms with E-state index in [1.165, 1.54) is 18.6 Å². The molecule has 2 heterocycles. The van der Waals surface area contributed by atoms with Gasteiger partial charge in [-0.2, -0.15) is 5.26 Å². The molecule has 13 nitrogen and oxygen atoms in total. The highest BCUT2D eigenvalue weighted by atomic mass is 32.1. The van der Waals surface area contributed by atoms with E-state index in [4.69, 9.17) is 40.6 Å². The summed E-state index contributed by atoms with van der Waals surface area (Å²) in [6, 6.07) is 8.98. The van der Waals surface area contributed by atoms with Crippen molar-refractivity contribution in [1.82, 2.24) is 4.57 Å². The Morgan fingerprint density at radius 1 is 0.915 bits per heavy atom. The lowest BCUT2D eigenvalue weighted by Gasteiger charge is -2.46. The largest absolute Gasteiger partial charge is 0.497 e. The number of ether oxygens (including phenoxy) is 6. The van der Waals surface area contributed by atoms with Crippen molar-refractivity contribution in [2.45, 2.75) is 85.0 Å². The molecule has 0 N–H and O–H groups in total. The summed E-state index contributed by atoms with van der Waals surface area (Å²) in [6.07, 6.45) is -6.63. The van der Waals surface area contributed by atoms with Crippen molar-refractivity contribution in [2.75, 3.05) is 13.7 Å². The van der Waals surface area contributed by atoms with Gasteiger partial charge in [-0.1, -0.05) is 38.2 Å². The summed E-state index contributed by atoms with van der Waals surface area (Å²) < 4.78 is 35.2. The summed E-state index contributed by atoms with van der Waals surface area (Å²) in [4.78, 5) is 63.0. The SMILES string of the molecule is COc1ccc(-c2c3c(n([C@@H]4O[C@@H](COC(C)=O)[C@@H](OC(C)=O)[C@H](OC(C)=O)[C@@H]4OC(C)=O)c(=S)c2C#N)CC(C)(C)CC3=O)cc1. The van der Waals surface area contributed by atoms with Gasteiger partial charge in [-0.25, -0.2) is 0 Å². The predicted octanol–water partition coefficient (Wildman–Crippen LogP) is 4.18. The molecule has 0 amide bonds. The highest BCUT2D eigenvalue weighted by Gasteiger charge is 2.54. The lowest BCUT2D eigenvalue weighted by molar-refractivity contribution is -0.269. The van der Waals surface area contributed by atoms with Crippen LogP contribution < -0.4 is 4.74 Å². The topological polar surface area (TPSA) is 169 Å². The zero-order valence-electron chi connectivity index (χ0n) is 27.1. The first-order valence-corrected chi connectivity index (χ1v) is 15.2. The van der Waals surface area contributed by atoms with Crippen LogP contribution in [0.1, 0.15) is 75.8 Å². The number of benzene rings is 1. The lowest BCUT2D eigenvalue weighted by atomic mass is 9.73. The maximum atomic E-state index is 14.0. The first kappa shape index (κ1) is 35.2. The van der Waals surface area contributed by atoms with Crippen molar-refractivity contribution in [3.8, 4) is 22.9 Å². The second-order valence-electron chi connectivity index (χ2n) is 12.1. The average Bonchev–Trinajstić information content (AvgIpc) is 2.97. The molecule has 4 rings (SSSR count). The van der Waals surface area contributed by atoms with Crippen LogP contribution in [0, 0.1) is 21.4 Å². The first-order valence-electron chi connectivity index (χ1n) is 14.8. The van der Waals surface area contributed by atoms with Crippen molar-refractivity contribution in [3.05, 3.63) is 45.7 Å². The number of nitrogens with zero attached hydrogens (tertiary/aromatic N) is 2. The molecule has 0 spiro atoms. The Hall–Kier alpha value is -4.61. The Bertz CT molecular complexity index is 1710. The lowest BCUT2D eigenvalue weighted by Crippen LogP contribution is -2.61. The van der Waals surface area contributed by atoms with Gasteiger partial charge in [0.05, 0.1) is 12.7 Å². The van der Waals surface area contributed by atoms with E-state index in [-0.39, 0.29) is 34.4 Å². The Balaban J connectivity index is 2.08. The molecule has 1 saturated heterocycles. The highest BCUT2D eigenvalue weighted by Crippen LogP contribution is 2.45. The Morgan fingerprint density at radius 2 is 1.49 bits per heavy atom. The van der Waals surface area contributed by atoms with Gasteiger partial charge >= 0.3 is 23.9 Å². The fourth-order valence-corrected chi connectivity index (χ4v) is 6.45. The normalized spacial score (nSPS) is 23.0. The molecule has 1 aliphatic carbocycles. The van der Waals surface area contributed by atoms with Crippen LogP contribution in [0.25, 0.3) is 11.1 Å². The van der Waals surface area contributed by atoms with Gasteiger partial charge in [0.25, 0.3) is 0 Å². The summed E-state index contributed by atoms with van der Waals surface area (Å²) in [5.74, 6) is -2.74. The Labute approximate surface area is 276 Å². The number of aromatic nitrogens is 1. The number of ketones is 1. The molecular formula is C33H36N2O11S. The standard InChI is InChI=1S/C33H36N2O11S/c1-16(36)42-15-25-28(43-17(2)37)29(44-18(3)38)30(45-19(4)39)31(46-25)35-23-12-33(5,6)13-24(40)27(23)26(22(14-34)32(35)47)20-8-10-21(41-7)11-9-20/h8-11,25,28-31H,12-13,15H2,1-7H3/t25-,28+,29-,30-,31+/m0/s1. The number of carbonyl (C=O) groups excluding carboxylic acids is 5. The number of Topliss-reactive ketones (excluding diaryl/α,β-unsaturated/α-hetero) is 1. The van der Waals surface area contributed by atoms with Crippen LogP contribution in [0.3, 0.4) is 0 Å². The third kappa shape index (κ3) is 7.52. The predicted molar refractivity (Wildman–Crippen MR) is 166 cm³/mol. The number of rotatable bonds is 8. The van der Waals surface area contributed by atoms with Crippen LogP contribution in [0.2, 0.25) is 0 Å². The molecule has 2 aromatic rings. The molecule has 0 saturated carbocycles. The molecule has 1 aliphatic heterocycles. The first-order chi connectivity index (χ1) is 22.1. The average molecular weight is 669 g/mol. The number of fused-ring (bicyclic) bond motifs is 1. The Kier molecular flexibility index (Phi) is 10.5. The van der Waals surface area contributed by atoms with E-state index in [2.05, 4.69) is 6.07 Å². The fourth-order valence-electron chi connectivity index (χ4n) is 6.09. The number of pyridine rings is 1. The zero-order valence-corrected chi connectivity index (χ0v) is 27.9. The van der Waals surface area contributed by atoms with E-state index >= 15 is 0 Å². The van der Waals surface area contributed by atoms with Gasteiger partial charge in [0.1, 0.15) is 29.2 Å². The second kappa shape index (κ2) is 14.0. The minimum atomic E-state index is -1.50. The molecule has 1 fully saturated rings. The molecule has 5 atom stereocenters. The van der Waals surface area contributed by atoms with E-state index in [0.717, 1.165) is 20.8 Å². The molecule has 14 heteroatoms. The molecule has 47 heavy (non-hydrogen) atoms. The monoisotopic (exact) mass is 668 g/mol. The summed E-state index contributed by atoms with van der Waals surface area (Å²) in [5, 5.41) is 10.5. The molecular weight excluding hydrogens is 632 g/mol. The number of hydrogen-bond donors (Lipinski definition) is 0. The third-order valence-corrected chi connectivity index (χ3v) is 8.19. The molecule has 0 unspecified atom stereocenters. The van der Waals surface area contributed by atoms with Crippen molar-refractivity contribution in [2.24, 2.45) is 5.41 Å². The minimum absolute atomic E-state index is 0.0233. The quantitative estimate of drug-likeness (QED) is 0.223. The molecule has 2 aliphatic rings. The molecule has 0 radical (unpaired) electrons. The van der Waals surface area contributed by atoms with Crippen LogP contribution in [-0.4, -0.2) is 72.4 Å². The van der Waals surface area contributed by atoms with Crippen LogP contribution in [0.4, 0.5) is 0 Å². The van der Waals surface area contributed by atoms with Crippen LogP contribution in [-0.2, 0) is 49.3 Å². The van der Waals surface area contributed by atoms with Crippen LogP contribution >= 0.6 is 12.2 Å². The summed E-state index contributed by atoms with van der Waals surface area (Å²) >= 11 is 5.95. The van der Waals surface area contributed by atoms with Gasteiger partial charge < -0.3 is 33.0 Å². The van der Waals surface area contributed by atoms with E-state index in [9.17, 15) is 29.2 Å². The summed E-state index contributed by atoms with van der Waals surface area (Å²) in [7, 11) is 1.52. The minimum Gasteiger partial charge on any atom is -0.497 e. The van der Waals surface area contributed by atoms with Gasteiger partial charge in [0, 0.05) is 50.9 Å². The summed E-state index contributed by atoms with van der Waals surface area (Å²) in [5.41, 5.74) is 0.903. The smallest absolute Gasteiger partial charge is 0.303 e. The van der Waals surface area contributed by atoms with Crippen molar-refractivity contribution >= 4 is 41.9 Å². The number of esters is 4. The van der Waals surface area contributed by atoms with E-state index in [1.807, 2.05) is 13.8 Å². The van der Waals surface area contributed by atoms with Crippen molar-refractivity contribution < 1.29 is 52.4 Å². The summed E-state index contributed by atoms with van der Waals surface area (Å²) in [6.45, 7) is 7.89. The maximum absolute atomic E-state index is 14.0. The maximum Gasteiger partial charge on any atom is 0.303 e. The van der Waals surface area contributed by atoms with E-state index in [1.54, 1.807) is 24.3 Å². The second-order valence-corrected chi connectivity index (χ2v) is 12.5. The Morgan fingerprint density at radius 3 is 2.02 bits per heavy atom. The molecule has 250 valence electrons. The molecule has 1 aromatic carbocycles. The molecule has 0 bridgehead atoms. The van der Waals surface area contributed by atoms with Crippen molar-refractivity contribution in [3.63, 3.8) is 0 Å². The van der Waals surface area contributed by atoms with E-state index < -0.39 is 66.5 Å². The van der Waals surface area contributed by atoms with Crippen LogP contribution in [0.15, 0.2) is 24.3 Å². The molecule has 1 aromatic heterocycles. The number of methoxy groups -OCH3 is 1. The number of carbonyl (C=O) groups is 5. The van der Waals surface area contributed by atoms with Gasteiger partial charge in [0.15, 0.2) is 30.3 Å². The van der Waals surface area contributed by atoms with Crippen LogP contribution in [0.5, 0.6) is 5.75 Å². The van der Waals surface area contributed by atoms with Gasteiger partial charge in [-0.15, -0.1) is 0 Å². The van der Waals surface area contributed by atoms with Gasteiger partial charge in [0.2, 0.25) is 0 Å². The number of nitriles is 1. The third-order valence-electron chi connectivity index (χ3n) is 7.79. The number of hydrogen-bond acceptors (Lipinski definition) is 13. The van der Waals surface area contributed by atoms with Gasteiger partial charge in [-0.05, 0) is 29.5 Å². The fraction of sp³-hybridized carbons (Fsp3) is 0.485. The van der Waals surface area contributed by atoms with E-state index in [0.29, 0.717) is 22.6 Å².